The lowest BCUT2D eigenvalue weighted by atomic mass is 10.1. The van der Waals surface area contributed by atoms with E-state index in [1.54, 1.807) is 0 Å². The summed E-state index contributed by atoms with van der Waals surface area (Å²) >= 11 is 0. The third-order valence-electron chi connectivity index (χ3n) is 3.09. The average Bonchev–Trinajstić information content (AvgIpc) is 2.56. The summed E-state index contributed by atoms with van der Waals surface area (Å²) in [6.45, 7) is 8.55. The third kappa shape index (κ3) is 16.2. The van der Waals surface area contributed by atoms with Gasteiger partial charge >= 0.3 is 11.9 Å². The molecular weight excluding hydrogens is 348 g/mol. The molecule has 0 amide bonds. The quantitative estimate of drug-likeness (QED) is 0.249. The van der Waals surface area contributed by atoms with Gasteiger partial charge in [0, 0.05) is 13.2 Å². The zero-order valence-electron chi connectivity index (χ0n) is 15.7. The zero-order chi connectivity index (χ0) is 19.6. The van der Waals surface area contributed by atoms with Gasteiger partial charge in [0.2, 0.25) is 0 Å². The van der Waals surface area contributed by atoms with Crippen LogP contribution < -0.4 is 0 Å². The van der Waals surface area contributed by atoms with Gasteiger partial charge in [0.05, 0.1) is 52.9 Å². The van der Waals surface area contributed by atoms with Gasteiger partial charge in [-0.25, -0.2) is 0 Å². The van der Waals surface area contributed by atoms with Crippen molar-refractivity contribution in [1.29, 1.82) is 0 Å². The van der Waals surface area contributed by atoms with E-state index in [2.05, 4.69) is 13.8 Å². The fourth-order valence-corrected chi connectivity index (χ4v) is 1.75. The number of ether oxygens (including phenoxy) is 5. The maximum absolute atomic E-state index is 10.7. The molecule has 9 heteroatoms. The second-order valence-electron chi connectivity index (χ2n) is 5.94. The largest absolute Gasteiger partial charge is 0.481 e. The Morgan fingerprint density at radius 1 is 0.654 bits per heavy atom. The van der Waals surface area contributed by atoms with E-state index in [1.165, 1.54) is 0 Å². The number of carbonyl (C=O) groups is 2. The first kappa shape index (κ1) is 24.7. The number of rotatable bonds is 19. The van der Waals surface area contributed by atoms with Gasteiger partial charge in [-0.2, -0.15) is 0 Å². The van der Waals surface area contributed by atoms with E-state index in [0.717, 1.165) is 6.61 Å². The first-order chi connectivity index (χ1) is 12.4. The van der Waals surface area contributed by atoms with Crippen molar-refractivity contribution in [2.24, 2.45) is 11.8 Å². The third-order valence-corrected chi connectivity index (χ3v) is 3.09. The fraction of sp³-hybridized carbons (Fsp3) is 0.882. The maximum Gasteiger partial charge on any atom is 0.317 e. The van der Waals surface area contributed by atoms with Crippen LogP contribution in [0.3, 0.4) is 0 Å². The van der Waals surface area contributed by atoms with Crippen LogP contribution in [0.25, 0.3) is 0 Å². The lowest BCUT2D eigenvalue weighted by molar-refractivity contribution is -0.155. The van der Waals surface area contributed by atoms with Gasteiger partial charge in [-0.15, -0.1) is 0 Å². The molecular formula is C17H32O9. The second-order valence-corrected chi connectivity index (χ2v) is 5.94. The summed E-state index contributed by atoms with van der Waals surface area (Å²) in [4.78, 5) is 21.3. The molecule has 0 aliphatic carbocycles. The predicted molar refractivity (Wildman–Crippen MR) is 92.3 cm³/mol. The number of hydrogen-bond donors (Lipinski definition) is 2. The molecule has 0 aromatic heterocycles. The molecule has 0 atom stereocenters. The van der Waals surface area contributed by atoms with Crippen LogP contribution in [0.15, 0.2) is 0 Å². The van der Waals surface area contributed by atoms with E-state index in [1.807, 2.05) is 0 Å². The van der Waals surface area contributed by atoms with E-state index < -0.39 is 17.9 Å². The Bertz CT molecular complexity index is 346. The van der Waals surface area contributed by atoms with Crippen molar-refractivity contribution in [2.75, 3.05) is 66.1 Å². The first-order valence-electron chi connectivity index (χ1n) is 8.79. The summed E-state index contributed by atoms with van der Waals surface area (Å²) in [7, 11) is 0. The Morgan fingerprint density at radius 3 is 1.35 bits per heavy atom. The number of carboxylic acids is 2. The Morgan fingerprint density at radius 2 is 1.00 bits per heavy atom. The van der Waals surface area contributed by atoms with E-state index >= 15 is 0 Å². The minimum atomic E-state index is -1.44. The highest BCUT2D eigenvalue weighted by molar-refractivity contribution is 5.92. The highest BCUT2D eigenvalue weighted by Gasteiger charge is 2.24. The molecule has 0 spiro atoms. The van der Waals surface area contributed by atoms with Crippen LogP contribution in [0, 0.1) is 11.8 Å². The molecule has 0 unspecified atom stereocenters. The topological polar surface area (TPSA) is 121 Å². The number of aliphatic carboxylic acids is 2. The molecule has 26 heavy (non-hydrogen) atoms. The van der Waals surface area contributed by atoms with Crippen LogP contribution in [0.2, 0.25) is 0 Å². The van der Waals surface area contributed by atoms with Gasteiger partial charge in [0.25, 0.3) is 0 Å². The summed E-state index contributed by atoms with van der Waals surface area (Å²) < 4.78 is 26.5. The fourth-order valence-electron chi connectivity index (χ4n) is 1.75. The lowest BCUT2D eigenvalue weighted by Crippen LogP contribution is -2.25. The second kappa shape index (κ2) is 17.2. The summed E-state index contributed by atoms with van der Waals surface area (Å²) in [6.07, 6.45) is -0.0731. The Balaban J connectivity index is 3.22. The van der Waals surface area contributed by atoms with Crippen molar-refractivity contribution in [3.63, 3.8) is 0 Å². The SMILES string of the molecule is CC(C)COCCOCCOCCOCCOCCC(C(=O)O)C(=O)O. The minimum Gasteiger partial charge on any atom is -0.481 e. The van der Waals surface area contributed by atoms with Gasteiger partial charge in [-0.05, 0) is 12.3 Å². The average molecular weight is 380 g/mol. The first-order valence-corrected chi connectivity index (χ1v) is 8.79. The molecule has 0 rings (SSSR count). The van der Waals surface area contributed by atoms with E-state index in [9.17, 15) is 9.59 Å². The van der Waals surface area contributed by atoms with Crippen LogP contribution in [0.4, 0.5) is 0 Å². The molecule has 0 aromatic carbocycles. The Kier molecular flexibility index (Phi) is 16.3. The monoisotopic (exact) mass is 380 g/mol. The van der Waals surface area contributed by atoms with Crippen LogP contribution in [-0.4, -0.2) is 88.2 Å². The van der Waals surface area contributed by atoms with E-state index in [0.29, 0.717) is 52.2 Å². The minimum absolute atomic E-state index is 0.0569. The van der Waals surface area contributed by atoms with Crippen molar-refractivity contribution >= 4 is 11.9 Å². The van der Waals surface area contributed by atoms with Crippen molar-refractivity contribution in [3.8, 4) is 0 Å². The van der Waals surface area contributed by atoms with Gasteiger partial charge in [-0.1, -0.05) is 13.8 Å². The molecule has 0 aliphatic rings. The summed E-state index contributed by atoms with van der Waals surface area (Å²) in [6, 6.07) is 0. The molecule has 0 saturated heterocycles. The molecule has 0 saturated carbocycles. The molecule has 0 fully saturated rings. The summed E-state index contributed by atoms with van der Waals surface area (Å²) in [5.74, 6) is -3.63. The van der Waals surface area contributed by atoms with Crippen LogP contribution in [0.5, 0.6) is 0 Å². The number of carboxylic acid groups (broad SMARTS) is 2. The van der Waals surface area contributed by atoms with Crippen molar-refractivity contribution in [2.45, 2.75) is 20.3 Å². The highest BCUT2D eigenvalue weighted by atomic mass is 16.6. The summed E-state index contributed by atoms with van der Waals surface area (Å²) in [5, 5.41) is 17.4. The smallest absolute Gasteiger partial charge is 0.317 e. The van der Waals surface area contributed by atoms with Crippen LogP contribution in [0.1, 0.15) is 20.3 Å². The van der Waals surface area contributed by atoms with Gasteiger partial charge in [-0.3, -0.25) is 9.59 Å². The highest BCUT2D eigenvalue weighted by Crippen LogP contribution is 2.03. The summed E-state index contributed by atoms with van der Waals surface area (Å²) in [5.41, 5.74) is 0. The van der Waals surface area contributed by atoms with E-state index in [-0.39, 0.29) is 19.6 Å². The Labute approximate surface area is 154 Å². The molecule has 0 radical (unpaired) electrons. The molecule has 154 valence electrons. The Hall–Kier alpha value is -1.26. The zero-order valence-corrected chi connectivity index (χ0v) is 15.7. The van der Waals surface area contributed by atoms with Crippen molar-refractivity contribution in [1.82, 2.24) is 0 Å². The molecule has 2 N–H and O–H groups in total. The van der Waals surface area contributed by atoms with Crippen LogP contribution >= 0.6 is 0 Å². The standard InChI is InChI=1S/C17H32O9/c1-14(2)13-26-12-11-25-10-9-24-8-7-23-6-5-22-4-3-15(16(18)19)17(20)21/h14-15H,3-13H2,1-2H3,(H,18,19)(H,20,21). The van der Waals surface area contributed by atoms with E-state index in [4.69, 9.17) is 33.9 Å². The van der Waals surface area contributed by atoms with Crippen molar-refractivity contribution < 1.29 is 43.5 Å². The van der Waals surface area contributed by atoms with Gasteiger partial charge < -0.3 is 33.9 Å². The predicted octanol–water partition coefficient (Wildman–Crippen LogP) is 0.901. The van der Waals surface area contributed by atoms with Gasteiger partial charge in [0.15, 0.2) is 5.92 Å². The molecule has 0 bridgehead atoms. The maximum atomic E-state index is 10.7. The molecule has 0 heterocycles. The lowest BCUT2D eigenvalue weighted by Gasteiger charge is -2.09. The van der Waals surface area contributed by atoms with Gasteiger partial charge in [0.1, 0.15) is 0 Å². The van der Waals surface area contributed by atoms with Crippen molar-refractivity contribution in [3.05, 3.63) is 0 Å². The normalized spacial score (nSPS) is 11.4. The van der Waals surface area contributed by atoms with Crippen LogP contribution in [-0.2, 0) is 33.3 Å². The molecule has 0 aromatic rings. The number of hydrogen-bond acceptors (Lipinski definition) is 7. The molecule has 0 aliphatic heterocycles. The molecule has 9 nitrogen and oxygen atoms in total.